The highest BCUT2D eigenvalue weighted by molar-refractivity contribution is 5.81. The maximum atomic E-state index is 12.0. The lowest BCUT2D eigenvalue weighted by molar-refractivity contribution is -0.126. The minimum absolute atomic E-state index is 0.332. The van der Waals surface area contributed by atoms with Gasteiger partial charge in [-0.1, -0.05) is 6.92 Å². The Labute approximate surface area is 117 Å². The van der Waals surface area contributed by atoms with Crippen LogP contribution in [-0.2, 0) is 4.79 Å². The highest BCUT2D eigenvalue weighted by atomic mass is 16.1. The van der Waals surface area contributed by atoms with E-state index in [2.05, 4.69) is 16.7 Å². The molecule has 3 nitrogen and oxygen atoms in total. The molecule has 108 valence electrons. The predicted molar refractivity (Wildman–Crippen MR) is 77.1 cm³/mol. The van der Waals surface area contributed by atoms with Gasteiger partial charge in [0, 0.05) is 51.6 Å². The Morgan fingerprint density at radius 2 is 1.63 bits per heavy atom. The van der Waals surface area contributed by atoms with Gasteiger partial charge in [0.25, 0.3) is 0 Å². The number of hydrogen-bond donors (Lipinski definition) is 0. The van der Waals surface area contributed by atoms with Crippen molar-refractivity contribution in [3.63, 3.8) is 0 Å². The molecule has 0 amide bonds. The van der Waals surface area contributed by atoms with Gasteiger partial charge in [0.1, 0.15) is 5.78 Å². The van der Waals surface area contributed by atoms with E-state index in [1.54, 1.807) is 0 Å². The third-order valence-electron chi connectivity index (χ3n) is 5.18. The van der Waals surface area contributed by atoms with Crippen LogP contribution in [0.2, 0.25) is 0 Å². The van der Waals surface area contributed by atoms with Crippen LogP contribution in [0.1, 0.15) is 39.0 Å². The number of hydrogen-bond acceptors (Lipinski definition) is 3. The van der Waals surface area contributed by atoms with E-state index < -0.39 is 0 Å². The second-order valence-electron chi connectivity index (χ2n) is 7.09. The van der Waals surface area contributed by atoms with Gasteiger partial charge in [0.05, 0.1) is 0 Å². The summed E-state index contributed by atoms with van der Waals surface area (Å²) < 4.78 is 0. The number of piperazine rings is 1. The highest BCUT2D eigenvalue weighted by Gasteiger charge is 2.30. The zero-order chi connectivity index (χ0) is 13.2. The molecule has 0 aromatic carbocycles. The van der Waals surface area contributed by atoms with Gasteiger partial charge in [0.2, 0.25) is 0 Å². The molecule has 0 aromatic rings. The summed E-state index contributed by atoms with van der Waals surface area (Å²) in [6.45, 7) is 9.43. The molecule has 3 aliphatic rings. The topological polar surface area (TPSA) is 23.6 Å². The number of nitrogens with zero attached hydrogens (tertiary/aromatic N) is 2. The van der Waals surface area contributed by atoms with Gasteiger partial charge in [-0.05, 0) is 37.5 Å². The molecule has 2 atom stereocenters. The Kier molecular flexibility index (Phi) is 4.23. The first-order valence-electron chi connectivity index (χ1n) is 8.18. The maximum Gasteiger partial charge on any atom is 0.137 e. The monoisotopic (exact) mass is 264 g/mol. The van der Waals surface area contributed by atoms with Crippen molar-refractivity contribution in [1.82, 2.24) is 9.80 Å². The molecule has 1 aliphatic heterocycles. The number of ketones is 1. The van der Waals surface area contributed by atoms with Gasteiger partial charge in [-0.15, -0.1) is 0 Å². The summed E-state index contributed by atoms with van der Waals surface area (Å²) in [5.41, 5.74) is 0. The molecule has 0 radical (unpaired) electrons. The van der Waals surface area contributed by atoms with Crippen LogP contribution in [0.25, 0.3) is 0 Å². The van der Waals surface area contributed by atoms with E-state index >= 15 is 0 Å². The van der Waals surface area contributed by atoms with Gasteiger partial charge in [-0.2, -0.15) is 0 Å². The van der Waals surface area contributed by atoms with Crippen LogP contribution < -0.4 is 0 Å². The van der Waals surface area contributed by atoms with Crippen molar-refractivity contribution in [2.75, 3.05) is 39.3 Å². The number of rotatable bonds is 4. The SMILES string of the molecule is CC1CCC(=O)C(CN2CCN(CC3CC3)CC2)C1. The highest BCUT2D eigenvalue weighted by Crippen LogP contribution is 2.30. The molecular formula is C16H28N2O. The lowest BCUT2D eigenvalue weighted by Gasteiger charge is -2.37. The van der Waals surface area contributed by atoms with Crippen LogP contribution >= 0.6 is 0 Å². The Balaban J connectivity index is 1.42. The van der Waals surface area contributed by atoms with Crippen LogP contribution in [0.3, 0.4) is 0 Å². The van der Waals surface area contributed by atoms with E-state index in [9.17, 15) is 4.79 Å². The van der Waals surface area contributed by atoms with Crippen LogP contribution in [0.15, 0.2) is 0 Å². The van der Waals surface area contributed by atoms with Gasteiger partial charge >= 0.3 is 0 Å². The first kappa shape index (κ1) is 13.6. The molecule has 19 heavy (non-hydrogen) atoms. The van der Waals surface area contributed by atoms with Gasteiger partial charge in [-0.25, -0.2) is 0 Å². The smallest absolute Gasteiger partial charge is 0.137 e. The summed E-state index contributed by atoms with van der Waals surface area (Å²) in [6, 6.07) is 0. The third-order valence-corrected chi connectivity index (χ3v) is 5.18. The molecule has 2 saturated carbocycles. The van der Waals surface area contributed by atoms with Gasteiger partial charge in [-0.3, -0.25) is 4.79 Å². The fourth-order valence-corrected chi connectivity index (χ4v) is 3.64. The standard InChI is InChI=1S/C16H28N2O/c1-13-2-5-16(19)15(10-13)12-18-8-6-17(7-9-18)11-14-3-4-14/h13-15H,2-12H2,1H3. The van der Waals surface area contributed by atoms with E-state index in [0.29, 0.717) is 11.7 Å². The normalized spacial score (nSPS) is 34.7. The van der Waals surface area contributed by atoms with Crippen molar-refractivity contribution in [3.05, 3.63) is 0 Å². The van der Waals surface area contributed by atoms with E-state index in [0.717, 1.165) is 37.6 Å². The molecule has 0 spiro atoms. The Hall–Kier alpha value is -0.410. The van der Waals surface area contributed by atoms with Crippen LogP contribution in [0, 0.1) is 17.8 Å². The molecule has 1 heterocycles. The van der Waals surface area contributed by atoms with Crippen molar-refractivity contribution in [2.24, 2.45) is 17.8 Å². The minimum Gasteiger partial charge on any atom is -0.301 e. The fourth-order valence-electron chi connectivity index (χ4n) is 3.64. The average Bonchev–Trinajstić information content (AvgIpc) is 3.20. The molecule has 3 rings (SSSR count). The molecular weight excluding hydrogens is 236 g/mol. The van der Waals surface area contributed by atoms with Crippen LogP contribution in [-0.4, -0.2) is 54.9 Å². The molecule has 3 heteroatoms. The summed E-state index contributed by atoms with van der Waals surface area (Å²) >= 11 is 0. The van der Waals surface area contributed by atoms with E-state index in [1.807, 2.05) is 0 Å². The van der Waals surface area contributed by atoms with Crippen molar-refractivity contribution in [3.8, 4) is 0 Å². The van der Waals surface area contributed by atoms with Crippen molar-refractivity contribution in [2.45, 2.75) is 39.0 Å². The average molecular weight is 264 g/mol. The number of Topliss-reactive ketones (excluding diaryl/α,β-unsaturated/α-hetero) is 1. The van der Waals surface area contributed by atoms with E-state index in [-0.39, 0.29) is 0 Å². The minimum atomic E-state index is 0.332. The van der Waals surface area contributed by atoms with Crippen LogP contribution in [0.5, 0.6) is 0 Å². The molecule has 3 fully saturated rings. The zero-order valence-corrected chi connectivity index (χ0v) is 12.3. The van der Waals surface area contributed by atoms with Gasteiger partial charge < -0.3 is 9.80 Å². The van der Waals surface area contributed by atoms with Crippen molar-refractivity contribution < 1.29 is 4.79 Å². The molecule has 0 N–H and O–H groups in total. The molecule has 0 aromatic heterocycles. The number of carbonyl (C=O) groups is 1. The lowest BCUT2D eigenvalue weighted by atomic mass is 9.81. The predicted octanol–water partition coefficient (Wildman–Crippen LogP) is 2.02. The Morgan fingerprint density at radius 3 is 2.26 bits per heavy atom. The summed E-state index contributed by atoms with van der Waals surface area (Å²) in [7, 11) is 0. The summed E-state index contributed by atoms with van der Waals surface area (Å²) in [5.74, 6) is 2.61. The Bertz CT molecular complexity index is 319. The van der Waals surface area contributed by atoms with Gasteiger partial charge in [0.15, 0.2) is 0 Å². The first-order chi connectivity index (χ1) is 9.20. The summed E-state index contributed by atoms with van der Waals surface area (Å²) in [5, 5.41) is 0. The molecule has 2 aliphatic carbocycles. The maximum absolute atomic E-state index is 12.0. The summed E-state index contributed by atoms with van der Waals surface area (Å²) in [6.07, 6.45) is 5.97. The molecule has 2 unspecified atom stereocenters. The van der Waals surface area contributed by atoms with E-state index in [4.69, 9.17) is 0 Å². The third kappa shape index (κ3) is 3.79. The zero-order valence-electron chi connectivity index (χ0n) is 12.3. The molecule has 1 saturated heterocycles. The van der Waals surface area contributed by atoms with Crippen LogP contribution in [0.4, 0.5) is 0 Å². The van der Waals surface area contributed by atoms with Crippen molar-refractivity contribution >= 4 is 5.78 Å². The Morgan fingerprint density at radius 1 is 1.00 bits per heavy atom. The second-order valence-corrected chi connectivity index (χ2v) is 7.09. The van der Waals surface area contributed by atoms with E-state index in [1.165, 1.54) is 45.6 Å². The molecule has 0 bridgehead atoms. The largest absolute Gasteiger partial charge is 0.301 e. The fraction of sp³-hybridized carbons (Fsp3) is 0.938. The quantitative estimate of drug-likeness (QED) is 0.776. The van der Waals surface area contributed by atoms with Crippen molar-refractivity contribution in [1.29, 1.82) is 0 Å². The second kappa shape index (κ2) is 5.92. The summed E-state index contributed by atoms with van der Waals surface area (Å²) in [4.78, 5) is 17.2. The first-order valence-corrected chi connectivity index (χ1v) is 8.18. The number of carbonyl (C=O) groups excluding carboxylic acids is 1. The lowest BCUT2D eigenvalue weighted by Crippen LogP contribution is -2.49.